The van der Waals surface area contributed by atoms with Crippen molar-refractivity contribution in [1.82, 2.24) is 4.73 Å². The van der Waals surface area contributed by atoms with Crippen LogP contribution >= 0.6 is 0 Å². The third-order valence-electron chi connectivity index (χ3n) is 2.32. The number of esters is 1. The number of carbonyl (C=O) groups excluding carboxylic acids is 1. The number of rotatable bonds is 5. The Hall–Kier alpha value is -2.04. The van der Waals surface area contributed by atoms with Gasteiger partial charge in [0, 0.05) is 12.1 Å². The van der Waals surface area contributed by atoms with Gasteiger partial charge < -0.3 is 14.9 Å². The molecular weight excluding hydrogens is 304 g/mol. The van der Waals surface area contributed by atoms with E-state index in [1.165, 1.54) is 0 Å². The molecule has 8 nitrogen and oxygen atoms in total. The molecule has 1 heterocycles. The van der Waals surface area contributed by atoms with Crippen LogP contribution < -0.4 is 4.28 Å². The van der Waals surface area contributed by atoms with Crippen molar-refractivity contribution in [1.29, 1.82) is 0 Å². The molecule has 1 aromatic heterocycles. The van der Waals surface area contributed by atoms with Crippen LogP contribution in [-0.2, 0) is 19.6 Å². The van der Waals surface area contributed by atoms with Gasteiger partial charge in [0.15, 0.2) is 0 Å². The van der Waals surface area contributed by atoms with Gasteiger partial charge in [-0.05, 0) is 12.8 Å². The Morgan fingerprint density at radius 1 is 1.30 bits per heavy atom. The van der Waals surface area contributed by atoms with Crippen molar-refractivity contribution >= 4 is 16.1 Å². The molecule has 112 valence electrons. The average molecular weight is 313 g/mol. The molecule has 0 radical (unpaired) electrons. The lowest BCUT2D eigenvalue weighted by Crippen LogP contribution is -2.44. The molecule has 1 fully saturated rings. The number of hydrogen-bond acceptors (Lipinski definition) is 7. The van der Waals surface area contributed by atoms with Crippen LogP contribution in [0.15, 0.2) is 12.1 Å². The fourth-order valence-electron chi connectivity index (χ4n) is 1.13. The molecule has 11 heteroatoms. The van der Waals surface area contributed by atoms with Gasteiger partial charge in [-0.1, -0.05) is 4.73 Å². The van der Waals surface area contributed by atoms with Crippen LogP contribution in [0, 0.1) is 0 Å². The SMILES string of the molecule is O=C(OC1CC1)C(F)(F)S(=O)(=O)On1c(O)ccc1O. The van der Waals surface area contributed by atoms with Crippen molar-refractivity contribution < 1.29 is 41.2 Å². The van der Waals surface area contributed by atoms with E-state index in [-0.39, 0.29) is 4.73 Å². The number of alkyl halides is 2. The number of halogens is 2. The average Bonchev–Trinajstić information content (AvgIpc) is 3.10. The van der Waals surface area contributed by atoms with E-state index in [1.54, 1.807) is 0 Å². The first kappa shape index (κ1) is 14.4. The number of ether oxygens (including phenoxy) is 1. The van der Waals surface area contributed by atoms with Crippen LogP contribution in [-0.4, -0.2) is 40.7 Å². The summed E-state index contributed by atoms with van der Waals surface area (Å²) in [6.45, 7) is 0. The highest BCUT2D eigenvalue weighted by molar-refractivity contribution is 7.88. The van der Waals surface area contributed by atoms with Crippen LogP contribution in [0.25, 0.3) is 0 Å². The Balaban J connectivity index is 2.22. The van der Waals surface area contributed by atoms with Crippen molar-refractivity contribution in [2.45, 2.75) is 24.2 Å². The Bertz CT molecular complexity index is 615. The largest absolute Gasteiger partial charge is 0.492 e. The van der Waals surface area contributed by atoms with Crippen molar-refractivity contribution in [2.75, 3.05) is 0 Å². The van der Waals surface area contributed by atoms with Gasteiger partial charge in [0.05, 0.1) is 0 Å². The van der Waals surface area contributed by atoms with E-state index in [1.807, 2.05) is 0 Å². The molecule has 20 heavy (non-hydrogen) atoms. The number of aromatic nitrogens is 1. The molecule has 0 aromatic carbocycles. The smallest absolute Gasteiger partial charge is 0.478 e. The minimum atomic E-state index is -5.81. The maximum absolute atomic E-state index is 13.5. The zero-order chi connectivity index (χ0) is 15.1. The van der Waals surface area contributed by atoms with E-state index < -0.39 is 39.2 Å². The van der Waals surface area contributed by atoms with E-state index in [2.05, 4.69) is 9.02 Å². The van der Waals surface area contributed by atoms with Crippen LogP contribution in [0.2, 0.25) is 0 Å². The molecule has 0 bridgehead atoms. The Kier molecular flexibility index (Phi) is 3.24. The standard InChI is InChI=1S/C9H9F2NO7S/c10-9(11,8(15)18-5-1-2-5)20(16,17)19-12-6(13)3-4-7(12)14/h3-5,13-14H,1-2H2. The molecule has 1 aliphatic carbocycles. The zero-order valence-electron chi connectivity index (χ0n) is 9.69. The lowest BCUT2D eigenvalue weighted by Gasteiger charge is -2.16. The molecule has 0 aliphatic heterocycles. The summed E-state index contributed by atoms with van der Waals surface area (Å²) < 4.78 is 57.5. The number of carbonyl (C=O) groups is 1. The van der Waals surface area contributed by atoms with Crippen LogP contribution in [0.1, 0.15) is 12.8 Å². The Labute approximate surface area is 111 Å². The second kappa shape index (κ2) is 4.51. The number of hydrogen-bond donors (Lipinski definition) is 2. The molecule has 0 amide bonds. The highest BCUT2D eigenvalue weighted by Crippen LogP contribution is 2.31. The fraction of sp³-hybridized carbons (Fsp3) is 0.444. The second-order valence-corrected chi connectivity index (χ2v) is 5.56. The van der Waals surface area contributed by atoms with Crippen LogP contribution in [0.3, 0.4) is 0 Å². The molecule has 0 unspecified atom stereocenters. The van der Waals surface area contributed by atoms with Crippen LogP contribution in [0.4, 0.5) is 8.78 Å². The second-order valence-electron chi connectivity index (χ2n) is 3.99. The van der Waals surface area contributed by atoms with Gasteiger partial charge in [0.1, 0.15) is 6.10 Å². The highest BCUT2D eigenvalue weighted by Gasteiger charge is 2.58. The summed E-state index contributed by atoms with van der Waals surface area (Å²) >= 11 is 0. The molecule has 1 aromatic rings. The van der Waals surface area contributed by atoms with Gasteiger partial charge in [-0.2, -0.15) is 17.2 Å². The molecule has 0 spiro atoms. The third-order valence-corrected chi connectivity index (χ3v) is 3.46. The maximum atomic E-state index is 13.5. The fourth-order valence-corrected chi connectivity index (χ4v) is 1.83. The first-order valence-corrected chi connectivity index (χ1v) is 6.69. The van der Waals surface area contributed by atoms with Gasteiger partial charge in [-0.3, -0.25) is 4.28 Å². The summed E-state index contributed by atoms with van der Waals surface area (Å²) in [4.78, 5) is 11.1. The minimum absolute atomic E-state index is 0.173. The van der Waals surface area contributed by atoms with Crippen molar-refractivity contribution in [3.8, 4) is 11.8 Å². The van der Waals surface area contributed by atoms with Crippen LogP contribution in [0.5, 0.6) is 11.8 Å². The summed E-state index contributed by atoms with van der Waals surface area (Å²) in [5.74, 6) is -4.17. The number of aromatic hydroxyl groups is 2. The zero-order valence-corrected chi connectivity index (χ0v) is 10.5. The van der Waals surface area contributed by atoms with Gasteiger partial charge in [-0.25, -0.2) is 4.79 Å². The number of nitrogens with zero attached hydrogens (tertiary/aromatic N) is 1. The molecular formula is C9H9F2NO7S. The normalized spacial score (nSPS) is 15.9. The summed E-state index contributed by atoms with van der Waals surface area (Å²) in [5, 5.41) is 13.2. The van der Waals surface area contributed by atoms with E-state index in [4.69, 9.17) is 10.2 Å². The first-order valence-electron chi connectivity index (χ1n) is 5.28. The van der Waals surface area contributed by atoms with E-state index in [9.17, 15) is 22.0 Å². The van der Waals surface area contributed by atoms with E-state index in [0.717, 1.165) is 12.1 Å². The first-order chi connectivity index (χ1) is 9.15. The summed E-state index contributed by atoms with van der Waals surface area (Å²) in [7, 11) is -5.81. The molecule has 2 N–H and O–H groups in total. The summed E-state index contributed by atoms with van der Waals surface area (Å²) in [5.41, 5.74) is 0. The molecule has 1 saturated carbocycles. The van der Waals surface area contributed by atoms with Crippen molar-refractivity contribution in [3.63, 3.8) is 0 Å². The molecule has 0 atom stereocenters. The predicted octanol–water partition coefficient (Wildman–Crippen LogP) is -0.0439. The van der Waals surface area contributed by atoms with Gasteiger partial charge >= 0.3 is 21.3 Å². The van der Waals surface area contributed by atoms with Gasteiger partial charge in [0.25, 0.3) is 0 Å². The predicted molar refractivity (Wildman–Crippen MR) is 57.3 cm³/mol. The monoisotopic (exact) mass is 313 g/mol. The quantitative estimate of drug-likeness (QED) is 0.733. The van der Waals surface area contributed by atoms with Crippen molar-refractivity contribution in [2.24, 2.45) is 0 Å². The topological polar surface area (TPSA) is 115 Å². The van der Waals surface area contributed by atoms with E-state index in [0.29, 0.717) is 12.8 Å². The Morgan fingerprint density at radius 3 is 2.25 bits per heavy atom. The van der Waals surface area contributed by atoms with E-state index >= 15 is 0 Å². The lowest BCUT2D eigenvalue weighted by atomic mass is 10.6. The third kappa shape index (κ3) is 2.48. The van der Waals surface area contributed by atoms with Gasteiger partial charge in [0.2, 0.25) is 11.8 Å². The summed E-state index contributed by atoms with van der Waals surface area (Å²) in [6, 6.07) is 1.59. The lowest BCUT2D eigenvalue weighted by molar-refractivity contribution is -0.163. The minimum Gasteiger partial charge on any atom is -0.492 e. The molecule has 1 aliphatic rings. The molecule has 0 saturated heterocycles. The summed E-state index contributed by atoms with van der Waals surface area (Å²) in [6.07, 6.45) is 0.0287. The Morgan fingerprint density at radius 2 is 1.80 bits per heavy atom. The highest BCUT2D eigenvalue weighted by atomic mass is 32.2. The van der Waals surface area contributed by atoms with Crippen molar-refractivity contribution in [3.05, 3.63) is 12.1 Å². The maximum Gasteiger partial charge on any atom is 0.478 e. The molecule has 2 rings (SSSR count). The van der Waals surface area contributed by atoms with Gasteiger partial charge in [-0.15, -0.1) is 0 Å².